The topological polar surface area (TPSA) is 48.1 Å². The van der Waals surface area contributed by atoms with Crippen molar-refractivity contribution in [3.63, 3.8) is 0 Å². The molecule has 0 saturated carbocycles. The van der Waals surface area contributed by atoms with Gasteiger partial charge in [0.1, 0.15) is 17.4 Å². The number of thiazole rings is 1. The van der Waals surface area contributed by atoms with Gasteiger partial charge in [-0.3, -0.25) is 0 Å². The second kappa shape index (κ2) is 5.14. The van der Waals surface area contributed by atoms with Gasteiger partial charge in [-0.25, -0.2) is 13.8 Å². The van der Waals surface area contributed by atoms with Crippen LogP contribution in [0.2, 0.25) is 0 Å². The summed E-state index contributed by atoms with van der Waals surface area (Å²) < 4.78 is 31.9. The summed E-state index contributed by atoms with van der Waals surface area (Å²) in [6, 6.07) is 2.25. The Morgan fingerprint density at radius 2 is 1.94 bits per heavy atom. The number of hydrogen-bond acceptors (Lipinski definition) is 4. The van der Waals surface area contributed by atoms with Crippen LogP contribution in [0.1, 0.15) is 11.3 Å². The van der Waals surface area contributed by atoms with Crippen molar-refractivity contribution >= 4 is 28.6 Å². The van der Waals surface area contributed by atoms with Gasteiger partial charge in [-0.2, -0.15) is 0 Å². The normalized spacial score (nSPS) is 11.1. The van der Waals surface area contributed by atoms with E-state index >= 15 is 0 Å². The molecule has 1 aromatic carbocycles. The van der Waals surface area contributed by atoms with Gasteiger partial charge in [-0.05, 0) is 12.2 Å². The molecule has 0 aliphatic carbocycles. The lowest BCUT2D eigenvalue weighted by Gasteiger charge is -2.03. The minimum atomic E-state index is -0.689. The number of halogens is 2. The standard InChI is InChI=1S/C12H10F2N2OS/c1-17-8-4-10(13)9(11(14)5-8)3-2-7-6-18-12(15)16-7/h2-6H,1H3,(H2,15,16). The Hall–Kier alpha value is -1.95. The number of nitrogen functional groups attached to an aromatic ring is 1. The largest absolute Gasteiger partial charge is 0.497 e. The number of methoxy groups -OCH3 is 1. The first-order valence-corrected chi connectivity index (χ1v) is 5.90. The lowest BCUT2D eigenvalue weighted by atomic mass is 10.1. The Kier molecular flexibility index (Phi) is 3.57. The van der Waals surface area contributed by atoms with Crippen LogP contribution in [0.15, 0.2) is 17.5 Å². The molecule has 0 bridgehead atoms. The van der Waals surface area contributed by atoms with Crippen molar-refractivity contribution in [3.8, 4) is 5.75 Å². The maximum absolute atomic E-state index is 13.6. The van der Waals surface area contributed by atoms with Crippen LogP contribution in [0, 0.1) is 11.6 Å². The molecule has 0 unspecified atom stereocenters. The third-order valence-corrected chi connectivity index (χ3v) is 2.94. The summed E-state index contributed by atoms with van der Waals surface area (Å²) in [7, 11) is 1.35. The van der Waals surface area contributed by atoms with Gasteiger partial charge >= 0.3 is 0 Å². The van der Waals surface area contributed by atoms with E-state index in [0.717, 1.165) is 12.1 Å². The third-order valence-electron chi connectivity index (χ3n) is 2.25. The smallest absolute Gasteiger partial charge is 0.180 e. The Morgan fingerprint density at radius 1 is 1.28 bits per heavy atom. The second-order valence-electron chi connectivity index (χ2n) is 3.45. The van der Waals surface area contributed by atoms with Crippen LogP contribution in [0.3, 0.4) is 0 Å². The van der Waals surface area contributed by atoms with E-state index in [1.807, 2.05) is 0 Å². The highest BCUT2D eigenvalue weighted by Gasteiger charge is 2.09. The van der Waals surface area contributed by atoms with Crippen molar-refractivity contribution in [1.82, 2.24) is 4.98 Å². The van der Waals surface area contributed by atoms with Crippen LogP contribution in [-0.4, -0.2) is 12.1 Å². The number of hydrogen-bond donors (Lipinski definition) is 1. The lowest BCUT2D eigenvalue weighted by Crippen LogP contribution is -1.92. The SMILES string of the molecule is COc1cc(F)c(C=Cc2csc(N)n2)c(F)c1. The highest BCUT2D eigenvalue weighted by molar-refractivity contribution is 7.13. The van der Waals surface area contributed by atoms with Crippen LogP contribution >= 0.6 is 11.3 Å². The van der Waals surface area contributed by atoms with Gasteiger partial charge in [0.25, 0.3) is 0 Å². The number of nitrogens with zero attached hydrogens (tertiary/aromatic N) is 1. The summed E-state index contributed by atoms with van der Waals surface area (Å²) >= 11 is 1.26. The van der Waals surface area contributed by atoms with Crippen molar-refractivity contribution in [2.45, 2.75) is 0 Å². The Balaban J connectivity index is 2.31. The van der Waals surface area contributed by atoms with Gasteiger partial charge in [0.2, 0.25) is 0 Å². The number of nitrogens with two attached hydrogens (primary N) is 1. The van der Waals surface area contributed by atoms with E-state index in [-0.39, 0.29) is 11.3 Å². The van der Waals surface area contributed by atoms with Gasteiger partial charge in [0.05, 0.1) is 12.8 Å². The zero-order valence-electron chi connectivity index (χ0n) is 9.48. The first kappa shape index (κ1) is 12.5. The van der Waals surface area contributed by atoms with Gasteiger partial charge in [0, 0.05) is 23.1 Å². The van der Waals surface area contributed by atoms with E-state index in [2.05, 4.69) is 4.98 Å². The zero-order valence-corrected chi connectivity index (χ0v) is 10.3. The number of rotatable bonds is 3. The van der Waals surface area contributed by atoms with Crippen LogP contribution in [-0.2, 0) is 0 Å². The predicted molar refractivity (Wildman–Crippen MR) is 68.4 cm³/mol. The number of ether oxygens (including phenoxy) is 1. The van der Waals surface area contributed by atoms with Crippen molar-refractivity contribution in [1.29, 1.82) is 0 Å². The van der Waals surface area contributed by atoms with Crippen LogP contribution in [0.5, 0.6) is 5.75 Å². The maximum atomic E-state index is 13.6. The summed E-state index contributed by atoms with van der Waals surface area (Å²) in [6.45, 7) is 0. The number of anilines is 1. The fourth-order valence-corrected chi connectivity index (χ4v) is 1.91. The molecule has 0 radical (unpaired) electrons. The number of aromatic nitrogens is 1. The average Bonchev–Trinajstić information content (AvgIpc) is 2.73. The molecule has 1 aromatic heterocycles. The highest BCUT2D eigenvalue weighted by atomic mass is 32.1. The summed E-state index contributed by atoms with van der Waals surface area (Å²) in [6.07, 6.45) is 2.82. The van der Waals surface area contributed by atoms with E-state index in [4.69, 9.17) is 10.5 Å². The summed E-state index contributed by atoms with van der Waals surface area (Å²) in [4.78, 5) is 3.96. The Labute approximate surface area is 107 Å². The van der Waals surface area contributed by atoms with E-state index < -0.39 is 11.6 Å². The van der Waals surface area contributed by atoms with Crippen molar-refractivity contribution in [2.24, 2.45) is 0 Å². The molecule has 94 valence electrons. The predicted octanol–water partition coefficient (Wildman–Crippen LogP) is 3.18. The molecule has 6 heteroatoms. The fraction of sp³-hybridized carbons (Fsp3) is 0.0833. The molecule has 0 saturated heterocycles. The quantitative estimate of drug-likeness (QED) is 0.930. The van der Waals surface area contributed by atoms with Crippen molar-refractivity contribution < 1.29 is 13.5 Å². The van der Waals surface area contributed by atoms with Crippen LogP contribution in [0.4, 0.5) is 13.9 Å². The molecule has 2 rings (SSSR count). The van der Waals surface area contributed by atoms with Gasteiger partial charge in [-0.1, -0.05) is 0 Å². The summed E-state index contributed by atoms with van der Waals surface area (Å²) in [5.41, 5.74) is 5.88. The second-order valence-corrected chi connectivity index (χ2v) is 4.34. The molecule has 2 aromatic rings. The van der Waals surface area contributed by atoms with Gasteiger partial charge in [-0.15, -0.1) is 11.3 Å². The Bertz CT molecular complexity index is 573. The molecule has 3 nitrogen and oxygen atoms in total. The molecular formula is C12H10F2N2OS. The van der Waals surface area contributed by atoms with Crippen molar-refractivity contribution in [2.75, 3.05) is 12.8 Å². The Morgan fingerprint density at radius 3 is 2.44 bits per heavy atom. The summed E-state index contributed by atoms with van der Waals surface area (Å²) in [5.74, 6) is -1.24. The van der Waals surface area contributed by atoms with Crippen LogP contribution in [0.25, 0.3) is 12.2 Å². The van der Waals surface area contributed by atoms with E-state index in [1.54, 1.807) is 5.38 Å². The average molecular weight is 268 g/mol. The van der Waals surface area contributed by atoms with E-state index in [1.165, 1.54) is 30.6 Å². The molecule has 1 heterocycles. The van der Waals surface area contributed by atoms with E-state index in [0.29, 0.717) is 10.8 Å². The molecule has 0 aliphatic rings. The molecule has 0 spiro atoms. The fourth-order valence-electron chi connectivity index (χ4n) is 1.38. The van der Waals surface area contributed by atoms with Gasteiger partial charge < -0.3 is 10.5 Å². The monoisotopic (exact) mass is 268 g/mol. The van der Waals surface area contributed by atoms with Crippen molar-refractivity contribution in [3.05, 3.63) is 40.4 Å². The van der Waals surface area contributed by atoms with Gasteiger partial charge in [0.15, 0.2) is 5.13 Å². The molecule has 2 N–H and O–H groups in total. The minimum absolute atomic E-state index is 0.137. The third kappa shape index (κ3) is 2.65. The zero-order chi connectivity index (χ0) is 13.1. The number of benzene rings is 1. The lowest BCUT2D eigenvalue weighted by molar-refractivity contribution is 0.406. The molecular weight excluding hydrogens is 258 g/mol. The molecule has 0 atom stereocenters. The minimum Gasteiger partial charge on any atom is -0.497 e. The molecule has 0 amide bonds. The highest BCUT2D eigenvalue weighted by Crippen LogP contribution is 2.22. The molecule has 0 fully saturated rings. The van der Waals surface area contributed by atoms with Crippen LogP contribution < -0.4 is 10.5 Å². The first-order chi connectivity index (χ1) is 8.60. The first-order valence-electron chi connectivity index (χ1n) is 5.02. The maximum Gasteiger partial charge on any atom is 0.180 e. The van der Waals surface area contributed by atoms with E-state index in [9.17, 15) is 8.78 Å². The molecule has 0 aliphatic heterocycles. The summed E-state index contributed by atoms with van der Waals surface area (Å²) in [5, 5.41) is 2.11. The molecule has 18 heavy (non-hydrogen) atoms.